The summed E-state index contributed by atoms with van der Waals surface area (Å²) in [4.78, 5) is 25.1. The van der Waals surface area contributed by atoms with Crippen LogP contribution in [-0.4, -0.2) is 49.5 Å². The lowest BCUT2D eigenvalue weighted by atomic mass is 10.1. The maximum absolute atomic E-state index is 11.9. The molecule has 1 aromatic carbocycles. The van der Waals surface area contributed by atoms with Gasteiger partial charge in [0.15, 0.2) is 9.84 Å². The van der Waals surface area contributed by atoms with E-state index >= 15 is 0 Å². The minimum absolute atomic E-state index is 0.0347. The number of anilines is 2. The molecule has 1 unspecified atom stereocenters. The number of hydrogen-bond acceptors (Lipinski definition) is 5. The molecule has 7 nitrogen and oxygen atoms in total. The van der Waals surface area contributed by atoms with Crippen LogP contribution in [0, 0.1) is 0 Å². The van der Waals surface area contributed by atoms with Crippen molar-refractivity contribution in [2.45, 2.75) is 12.5 Å². The van der Waals surface area contributed by atoms with Crippen molar-refractivity contribution in [3.05, 3.63) is 23.8 Å². The fraction of sp³-hybridized carbons (Fsp3) is 0.385. The maximum Gasteiger partial charge on any atom is 0.337 e. The predicted molar refractivity (Wildman–Crippen MR) is 76.4 cm³/mol. The Hall–Kier alpha value is -2.09. The summed E-state index contributed by atoms with van der Waals surface area (Å²) in [5, 5.41) is 12.0. The lowest BCUT2D eigenvalue weighted by Crippen LogP contribution is -2.49. The zero-order valence-corrected chi connectivity index (χ0v) is 11.9. The van der Waals surface area contributed by atoms with Crippen LogP contribution in [-0.2, 0) is 14.6 Å². The molecule has 0 radical (unpaired) electrons. The highest BCUT2D eigenvalue weighted by Gasteiger charge is 2.37. The van der Waals surface area contributed by atoms with Gasteiger partial charge in [0.25, 0.3) is 0 Å². The normalized spacial score (nSPS) is 23.5. The molecular weight excluding hydrogens is 296 g/mol. The van der Waals surface area contributed by atoms with Crippen molar-refractivity contribution in [1.82, 2.24) is 0 Å². The van der Waals surface area contributed by atoms with Crippen LogP contribution < -0.4 is 10.2 Å². The molecule has 0 spiro atoms. The van der Waals surface area contributed by atoms with Crippen LogP contribution in [0.2, 0.25) is 0 Å². The molecule has 0 aliphatic carbocycles. The van der Waals surface area contributed by atoms with Crippen molar-refractivity contribution >= 4 is 33.1 Å². The zero-order chi connectivity index (χ0) is 15.2. The third-order valence-corrected chi connectivity index (χ3v) is 5.48. The first kappa shape index (κ1) is 13.9. The van der Waals surface area contributed by atoms with Gasteiger partial charge in [0.05, 0.1) is 34.5 Å². The molecule has 0 saturated carbocycles. The number of benzene rings is 1. The smallest absolute Gasteiger partial charge is 0.337 e. The van der Waals surface area contributed by atoms with Crippen molar-refractivity contribution in [2.75, 3.05) is 28.3 Å². The quantitative estimate of drug-likeness (QED) is 0.775. The lowest BCUT2D eigenvalue weighted by molar-refractivity contribution is -0.116. The van der Waals surface area contributed by atoms with E-state index in [-0.39, 0.29) is 35.9 Å². The molecule has 2 aliphatic heterocycles. The number of fused-ring (bicyclic) bond motifs is 3. The fourth-order valence-corrected chi connectivity index (χ4v) is 4.42. The van der Waals surface area contributed by atoms with E-state index in [4.69, 9.17) is 0 Å². The van der Waals surface area contributed by atoms with Gasteiger partial charge >= 0.3 is 5.97 Å². The number of para-hydroxylation sites is 1. The monoisotopic (exact) mass is 310 g/mol. The van der Waals surface area contributed by atoms with Gasteiger partial charge in [-0.15, -0.1) is 0 Å². The molecule has 21 heavy (non-hydrogen) atoms. The Morgan fingerprint density at radius 1 is 1.38 bits per heavy atom. The van der Waals surface area contributed by atoms with Gasteiger partial charge < -0.3 is 15.3 Å². The van der Waals surface area contributed by atoms with Gasteiger partial charge in [0.1, 0.15) is 0 Å². The summed E-state index contributed by atoms with van der Waals surface area (Å²) >= 11 is 0. The lowest BCUT2D eigenvalue weighted by Gasteiger charge is -2.36. The highest BCUT2D eigenvalue weighted by molar-refractivity contribution is 7.91. The second-order valence-corrected chi connectivity index (χ2v) is 7.45. The fourth-order valence-electron chi connectivity index (χ4n) is 2.89. The van der Waals surface area contributed by atoms with Crippen molar-refractivity contribution < 1.29 is 23.1 Å². The van der Waals surface area contributed by atoms with Crippen LogP contribution in [0.3, 0.4) is 0 Å². The van der Waals surface area contributed by atoms with E-state index in [1.807, 2.05) is 0 Å². The van der Waals surface area contributed by atoms with Gasteiger partial charge in [-0.3, -0.25) is 4.79 Å². The molecule has 2 N–H and O–H groups in total. The summed E-state index contributed by atoms with van der Waals surface area (Å²) in [5.41, 5.74) is 0.886. The summed E-state index contributed by atoms with van der Waals surface area (Å²) in [6.45, 7) is 0.194. The van der Waals surface area contributed by atoms with Gasteiger partial charge in [-0.2, -0.15) is 0 Å². The number of hydrogen-bond donors (Lipinski definition) is 2. The number of nitrogens with zero attached hydrogens (tertiary/aromatic N) is 1. The predicted octanol–water partition coefficient (Wildman–Crippen LogP) is 0.330. The van der Waals surface area contributed by atoms with Gasteiger partial charge in [0, 0.05) is 13.0 Å². The van der Waals surface area contributed by atoms with Crippen LogP contribution in [0.4, 0.5) is 11.4 Å². The first-order chi connectivity index (χ1) is 9.87. The Bertz CT molecular complexity index is 728. The number of rotatable bonds is 1. The zero-order valence-electron chi connectivity index (χ0n) is 11.1. The summed E-state index contributed by atoms with van der Waals surface area (Å²) in [6, 6.07) is 4.12. The summed E-state index contributed by atoms with van der Waals surface area (Å²) in [6.07, 6.45) is 0.0347. The summed E-state index contributed by atoms with van der Waals surface area (Å²) in [7, 11) is -3.20. The Balaban J connectivity index is 2.15. The molecule has 3 rings (SSSR count). The molecule has 1 saturated heterocycles. The molecule has 1 aromatic rings. The SMILES string of the molecule is O=C1CC2CS(=O)(=O)CCN2c2c(cccc2C(=O)O)N1. The number of amides is 1. The molecule has 1 amide bonds. The minimum Gasteiger partial charge on any atom is -0.478 e. The topological polar surface area (TPSA) is 104 Å². The van der Waals surface area contributed by atoms with Crippen LogP contribution in [0.15, 0.2) is 18.2 Å². The van der Waals surface area contributed by atoms with Crippen LogP contribution in [0.5, 0.6) is 0 Å². The third kappa shape index (κ3) is 2.46. The number of carboxylic acids is 1. The van der Waals surface area contributed by atoms with Crippen LogP contribution in [0.1, 0.15) is 16.8 Å². The Morgan fingerprint density at radius 3 is 2.86 bits per heavy atom. The second kappa shape index (κ2) is 4.73. The van der Waals surface area contributed by atoms with Crippen molar-refractivity contribution in [1.29, 1.82) is 0 Å². The minimum atomic E-state index is -3.20. The van der Waals surface area contributed by atoms with E-state index in [1.165, 1.54) is 6.07 Å². The first-order valence-corrected chi connectivity index (χ1v) is 8.33. The van der Waals surface area contributed by atoms with Gasteiger partial charge in [0.2, 0.25) is 5.91 Å². The third-order valence-electron chi connectivity index (χ3n) is 3.78. The molecule has 1 fully saturated rings. The number of carboxylic acid groups (broad SMARTS) is 1. The van der Waals surface area contributed by atoms with E-state index in [2.05, 4.69) is 5.32 Å². The summed E-state index contributed by atoms with van der Waals surface area (Å²) in [5.74, 6) is -1.57. The number of sulfone groups is 1. The highest BCUT2D eigenvalue weighted by atomic mass is 32.2. The van der Waals surface area contributed by atoms with Crippen molar-refractivity contribution in [3.63, 3.8) is 0 Å². The van der Waals surface area contributed by atoms with E-state index in [0.717, 1.165) is 0 Å². The summed E-state index contributed by atoms with van der Waals surface area (Å²) < 4.78 is 23.6. The molecule has 112 valence electrons. The van der Waals surface area contributed by atoms with Crippen molar-refractivity contribution in [3.8, 4) is 0 Å². The second-order valence-electron chi connectivity index (χ2n) is 5.22. The van der Waals surface area contributed by atoms with E-state index in [1.54, 1.807) is 17.0 Å². The molecule has 8 heteroatoms. The van der Waals surface area contributed by atoms with Crippen LogP contribution >= 0.6 is 0 Å². The Labute approximate surface area is 121 Å². The number of nitrogens with one attached hydrogen (secondary N) is 1. The molecule has 0 aromatic heterocycles. The van der Waals surface area contributed by atoms with E-state index in [0.29, 0.717) is 11.4 Å². The first-order valence-electron chi connectivity index (χ1n) is 6.50. The van der Waals surface area contributed by atoms with Crippen molar-refractivity contribution in [2.24, 2.45) is 0 Å². The van der Waals surface area contributed by atoms with Gasteiger partial charge in [-0.25, -0.2) is 13.2 Å². The van der Waals surface area contributed by atoms with Crippen LogP contribution in [0.25, 0.3) is 0 Å². The molecule has 1 atom stereocenters. The molecular formula is C13H14N2O5S. The maximum atomic E-state index is 11.9. The highest BCUT2D eigenvalue weighted by Crippen LogP contribution is 2.36. The Kier molecular flexibility index (Phi) is 3.12. The van der Waals surface area contributed by atoms with E-state index in [9.17, 15) is 23.1 Å². The number of aromatic carboxylic acids is 1. The average Bonchev–Trinajstić information content (AvgIpc) is 2.51. The largest absolute Gasteiger partial charge is 0.478 e. The standard InChI is InChI=1S/C13H14N2O5S/c16-11-6-8-7-21(19,20)5-4-15(8)12-9(13(17)18)2-1-3-10(12)14-11/h1-3,8H,4-7H2,(H,14,16)(H,17,18). The number of carbonyl (C=O) groups is 2. The molecule has 2 heterocycles. The van der Waals surface area contributed by atoms with E-state index < -0.39 is 21.8 Å². The average molecular weight is 310 g/mol. The Morgan fingerprint density at radius 2 is 2.14 bits per heavy atom. The van der Waals surface area contributed by atoms with Gasteiger partial charge in [-0.1, -0.05) is 6.07 Å². The van der Waals surface area contributed by atoms with Gasteiger partial charge in [-0.05, 0) is 12.1 Å². The molecule has 2 aliphatic rings. The molecule has 0 bridgehead atoms. The number of carbonyl (C=O) groups excluding carboxylic acids is 1.